The predicted octanol–water partition coefficient (Wildman–Crippen LogP) is 5.04. The number of carbonyl (C=O) groups excluding carboxylic acids is 1. The Balaban J connectivity index is 1.95. The number of sulfonamides is 1. The van der Waals surface area contributed by atoms with E-state index in [1.54, 1.807) is 0 Å². The molecule has 0 radical (unpaired) electrons. The van der Waals surface area contributed by atoms with Crippen molar-refractivity contribution in [3.63, 3.8) is 0 Å². The number of hydrogen-bond acceptors (Lipinski definition) is 3. The molecule has 5 nitrogen and oxygen atoms in total. The lowest BCUT2D eigenvalue weighted by Gasteiger charge is -2.19. The van der Waals surface area contributed by atoms with Crippen molar-refractivity contribution in [2.45, 2.75) is 39.4 Å². The molecule has 1 aliphatic rings. The van der Waals surface area contributed by atoms with Crippen molar-refractivity contribution in [3.8, 4) is 22.3 Å². The summed E-state index contributed by atoms with van der Waals surface area (Å²) in [4.78, 5) is 12.7. The molecule has 9 heteroatoms. The van der Waals surface area contributed by atoms with Crippen LogP contribution in [0.3, 0.4) is 0 Å². The molecular weight excluding hydrogens is 465 g/mol. The van der Waals surface area contributed by atoms with E-state index in [1.165, 1.54) is 12.1 Å². The third kappa shape index (κ3) is 4.89. The number of benzene rings is 2. The number of nitrogens with zero attached hydrogens (tertiary/aromatic N) is 1. The molecule has 4 rings (SSSR count). The van der Waals surface area contributed by atoms with E-state index < -0.39 is 27.7 Å². The first kappa shape index (κ1) is 24.1. The molecule has 2 aromatic carbocycles. The van der Waals surface area contributed by atoms with Crippen molar-refractivity contribution < 1.29 is 26.4 Å². The Morgan fingerprint density at radius 3 is 2.15 bits per heavy atom. The second kappa shape index (κ2) is 8.30. The van der Waals surface area contributed by atoms with E-state index in [4.69, 9.17) is 0 Å². The van der Waals surface area contributed by atoms with E-state index in [-0.39, 0.29) is 11.8 Å². The van der Waals surface area contributed by atoms with Crippen LogP contribution in [0.15, 0.2) is 54.6 Å². The first-order chi connectivity index (χ1) is 15.8. The van der Waals surface area contributed by atoms with Gasteiger partial charge in [-0.15, -0.1) is 0 Å². The number of fused-ring (bicyclic) bond motifs is 1. The van der Waals surface area contributed by atoms with Gasteiger partial charge in [-0.3, -0.25) is 9.52 Å². The fourth-order valence-corrected chi connectivity index (χ4v) is 5.15. The zero-order valence-corrected chi connectivity index (χ0v) is 19.8. The monoisotopic (exact) mass is 490 g/mol. The summed E-state index contributed by atoms with van der Waals surface area (Å²) in [5.74, 6) is -0.694. The largest absolute Gasteiger partial charge is 0.416 e. The molecule has 3 aromatic rings. The highest BCUT2D eigenvalue weighted by molar-refractivity contribution is 7.89. The highest BCUT2D eigenvalue weighted by atomic mass is 32.2. The van der Waals surface area contributed by atoms with Crippen molar-refractivity contribution in [1.29, 1.82) is 0 Å². The number of alkyl halides is 3. The predicted molar refractivity (Wildman–Crippen MR) is 124 cm³/mol. The summed E-state index contributed by atoms with van der Waals surface area (Å²) in [7, 11) is -3.76. The van der Waals surface area contributed by atoms with Gasteiger partial charge in [0.05, 0.1) is 18.2 Å². The summed E-state index contributed by atoms with van der Waals surface area (Å²) >= 11 is 0. The SMILES string of the molecule is CC1(C)Cc2c(-c3ccccc3)c(-c3ccc(C(F)(F)F)cc3)c(CC(=O)NS(C)(=O)=O)n2C1. The van der Waals surface area contributed by atoms with E-state index in [0.29, 0.717) is 29.8 Å². The van der Waals surface area contributed by atoms with Crippen LogP contribution in [0.4, 0.5) is 13.2 Å². The van der Waals surface area contributed by atoms with Gasteiger partial charge in [0.2, 0.25) is 15.9 Å². The van der Waals surface area contributed by atoms with Crippen LogP contribution in [0.5, 0.6) is 0 Å². The van der Waals surface area contributed by atoms with Gasteiger partial charge in [-0.2, -0.15) is 13.2 Å². The molecule has 0 aliphatic carbocycles. The summed E-state index contributed by atoms with van der Waals surface area (Å²) < 4.78 is 66.8. The number of halogens is 3. The zero-order valence-electron chi connectivity index (χ0n) is 19.0. The Bertz CT molecular complexity index is 1340. The van der Waals surface area contributed by atoms with E-state index in [9.17, 15) is 26.4 Å². The van der Waals surface area contributed by atoms with Crippen molar-refractivity contribution in [2.24, 2.45) is 5.41 Å². The molecule has 1 aromatic heterocycles. The number of hydrogen-bond donors (Lipinski definition) is 1. The highest BCUT2D eigenvalue weighted by Gasteiger charge is 2.37. The van der Waals surface area contributed by atoms with Crippen molar-refractivity contribution in [3.05, 3.63) is 71.5 Å². The Hall–Kier alpha value is -3.07. The number of amides is 1. The minimum Gasteiger partial charge on any atom is -0.346 e. The normalized spacial score (nSPS) is 15.2. The lowest BCUT2D eigenvalue weighted by molar-refractivity contribution is -0.137. The Labute approximate surface area is 196 Å². The third-order valence-electron chi connectivity index (χ3n) is 5.90. The fourth-order valence-electron chi connectivity index (χ4n) is 4.66. The maximum Gasteiger partial charge on any atom is 0.416 e. The van der Waals surface area contributed by atoms with Crippen LogP contribution < -0.4 is 4.72 Å². The van der Waals surface area contributed by atoms with Gasteiger partial charge >= 0.3 is 6.18 Å². The van der Waals surface area contributed by atoms with E-state index in [1.807, 2.05) is 39.6 Å². The van der Waals surface area contributed by atoms with Crippen LogP contribution in [-0.4, -0.2) is 25.1 Å². The van der Waals surface area contributed by atoms with Crippen molar-refractivity contribution in [2.75, 3.05) is 6.26 Å². The molecule has 0 saturated carbocycles. The van der Waals surface area contributed by atoms with Crippen LogP contribution in [0.25, 0.3) is 22.3 Å². The molecule has 2 heterocycles. The van der Waals surface area contributed by atoms with Crippen molar-refractivity contribution >= 4 is 15.9 Å². The second-order valence-electron chi connectivity index (χ2n) is 9.49. The molecule has 0 saturated heterocycles. The molecule has 0 spiro atoms. The number of rotatable bonds is 5. The molecule has 180 valence electrons. The molecular formula is C25H25F3N2O3S. The minimum absolute atomic E-state index is 0.0976. The number of aromatic nitrogens is 1. The average molecular weight is 491 g/mol. The first-order valence-electron chi connectivity index (χ1n) is 10.7. The van der Waals surface area contributed by atoms with Crippen LogP contribution in [-0.2, 0) is 40.4 Å². The van der Waals surface area contributed by atoms with Gasteiger partial charge in [0.1, 0.15) is 0 Å². The first-order valence-corrected chi connectivity index (χ1v) is 12.6. The zero-order chi connectivity index (χ0) is 24.9. The van der Waals surface area contributed by atoms with Crippen LogP contribution in [0, 0.1) is 5.41 Å². The maximum atomic E-state index is 13.2. The summed E-state index contributed by atoms with van der Waals surface area (Å²) in [5, 5.41) is 0. The molecule has 0 unspecified atom stereocenters. The molecule has 1 aliphatic heterocycles. The summed E-state index contributed by atoms with van der Waals surface area (Å²) in [5.41, 5.74) is 3.62. The Morgan fingerprint density at radius 1 is 1.00 bits per heavy atom. The minimum atomic E-state index is -4.47. The number of nitrogens with one attached hydrogen (secondary N) is 1. The van der Waals surface area contributed by atoms with Gasteiger partial charge in [0, 0.05) is 29.1 Å². The van der Waals surface area contributed by atoms with Gasteiger partial charge in [-0.1, -0.05) is 56.3 Å². The van der Waals surface area contributed by atoms with Crippen molar-refractivity contribution in [1.82, 2.24) is 9.29 Å². The lowest BCUT2D eigenvalue weighted by Crippen LogP contribution is -2.31. The van der Waals surface area contributed by atoms with Gasteiger partial charge in [0.25, 0.3) is 0 Å². The van der Waals surface area contributed by atoms with Crippen LogP contribution >= 0.6 is 0 Å². The lowest BCUT2D eigenvalue weighted by atomic mass is 9.86. The van der Waals surface area contributed by atoms with Gasteiger partial charge in [-0.25, -0.2) is 8.42 Å². The molecule has 1 amide bonds. The Kier molecular flexibility index (Phi) is 5.88. The number of carbonyl (C=O) groups is 1. The molecule has 0 bridgehead atoms. The summed E-state index contributed by atoms with van der Waals surface area (Å²) in [6.45, 7) is 4.81. The molecule has 1 N–H and O–H groups in total. The summed E-state index contributed by atoms with van der Waals surface area (Å²) in [6.07, 6.45) is -3.08. The maximum absolute atomic E-state index is 13.2. The topological polar surface area (TPSA) is 68.2 Å². The van der Waals surface area contributed by atoms with Crippen LogP contribution in [0.1, 0.15) is 30.8 Å². The average Bonchev–Trinajstić information content (AvgIpc) is 3.17. The van der Waals surface area contributed by atoms with E-state index >= 15 is 0 Å². The third-order valence-corrected chi connectivity index (χ3v) is 6.50. The standard InChI is InChI=1S/C25H25F3N2O3S/c1-24(2)14-20-23(16-7-5-4-6-8-16)22(17-9-11-18(12-10-17)25(26,27)28)19(30(20)15-24)13-21(31)29-34(3,32)33/h4-12H,13-15H2,1-3H3,(H,29,31). The van der Waals surface area contributed by atoms with Gasteiger partial charge < -0.3 is 4.57 Å². The molecule has 0 fully saturated rings. The highest BCUT2D eigenvalue weighted by Crippen LogP contribution is 2.47. The summed E-state index contributed by atoms with van der Waals surface area (Å²) in [6, 6.07) is 14.4. The van der Waals surface area contributed by atoms with Gasteiger partial charge in [0.15, 0.2) is 0 Å². The van der Waals surface area contributed by atoms with Gasteiger partial charge in [-0.05, 0) is 35.1 Å². The van der Waals surface area contributed by atoms with Crippen LogP contribution in [0.2, 0.25) is 0 Å². The fraction of sp³-hybridized carbons (Fsp3) is 0.320. The molecule has 34 heavy (non-hydrogen) atoms. The Morgan fingerprint density at radius 2 is 1.59 bits per heavy atom. The smallest absolute Gasteiger partial charge is 0.346 e. The van der Waals surface area contributed by atoms with E-state index in [2.05, 4.69) is 13.8 Å². The second-order valence-corrected chi connectivity index (χ2v) is 11.2. The quantitative estimate of drug-likeness (QED) is 0.545. The molecule has 0 atom stereocenters. The van der Waals surface area contributed by atoms with E-state index in [0.717, 1.165) is 35.2 Å².